The summed E-state index contributed by atoms with van der Waals surface area (Å²) in [5.74, 6) is 0. The molecule has 1 N–H and O–H groups in total. The molecular formula is C15H24O. The van der Waals surface area contributed by atoms with Crippen molar-refractivity contribution in [1.29, 1.82) is 0 Å². The molecular weight excluding hydrogens is 196 g/mol. The molecule has 0 saturated heterocycles. The lowest BCUT2D eigenvalue weighted by atomic mass is 9.72. The molecule has 1 nitrogen and oxygen atoms in total. The molecule has 0 radical (unpaired) electrons. The van der Waals surface area contributed by atoms with Gasteiger partial charge in [-0.3, -0.25) is 0 Å². The molecule has 0 spiro atoms. The third kappa shape index (κ3) is 3.64. The van der Waals surface area contributed by atoms with Crippen LogP contribution in [0.2, 0.25) is 0 Å². The van der Waals surface area contributed by atoms with Gasteiger partial charge in [-0.2, -0.15) is 0 Å². The van der Waals surface area contributed by atoms with Crippen LogP contribution >= 0.6 is 0 Å². The van der Waals surface area contributed by atoms with Crippen LogP contribution in [0.1, 0.15) is 52.2 Å². The summed E-state index contributed by atoms with van der Waals surface area (Å²) in [6.07, 6.45) is 1.13. The molecule has 0 bridgehead atoms. The summed E-state index contributed by atoms with van der Waals surface area (Å²) >= 11 is 0. The first-order valence-corrected chi connectivity index (χ1v) is 5.95. The van der Waals surface area contributed by atoms with Gasteiger partial charge in [0.2, 0.25) is 0 Å². The van der Waals surface area contributed by atoms with Crippen LogP contribution in [0.15, 0.2) is 24.3 Å². The highest BCUT2D eigenvalue weighted by Crippen LogP contribution is 2.36. The van der Waals surface area contributed by atoms with Crippen LogP contribution < -0.4 is 0 Å². The smallest absolute Gasteiger partial charge is 0.0681 e. The van der Waals surface area contributed by atoms with E-state index in [9.17, 15) is 0 Å². The van der Waals surface area contributed by atoms with E-state index in [1.54, 1.807) is 0 Å². The number of hydrogen-bond donors (Lipinski definition) is 1. The lowest BCUT2D eigenvalue weighted by molar-refractivity contribution is 0.277. The summed E-state index contributed by atoms with van der Waals surface area (Å²) in [5.41, 5.74) is 2.79. The lowest BCUT2D eigenvalue weighted by Crippen LogP contribution is -2.24. The van der Waals surface area contributed by atoms with Crippen molar-refractivity contribution in [2.75, 3.05) is 0 Å². The first kappa shape index (κ1) is 13.2. The molecule has 1 aromatic carbocycles. The summed E-state index contributed by atoms with van der Waals surface area (Å²) in [7, 11) is 0. The van der Waals surface area contributed by atoms with Crippen LogP contribution in [-0.4, -0.2) is 5.11 Å². The Balaban J connectivity index is 2.97. The summed E-state index contributed by atoms with van der Waals surface area (Å²) in [6.45, 7) is 11.5. The second-order valence-corrected chi connectivity index (χ2v) is 6.48. The van der Waals surface area contributed by atoms with E-state index in [0.717, 1.165) is 12.0 Å². The fourth-order valence-corrected chi connectivity index (χ4v) is 2.52. The molecule has 1 aromatic rings. The zero-order valence-corrected chi connectivity index (χ0v) is 11.2. The normalized spacial score (nSPS) is 12.9. The molecule has 0 atom stereocenters. The molecule has 0 heterocycles. The Morgan fingerprint density at radius 1 is 1.06 bits per heavy atom. The van der Waals surface area contributed by atoms with Gasteiger partial charge in [-0.25, -0.2) is 0 Å². The zero-order chi connectivity index (χ0) is 12.4. The Bertz CT molecular complexity index is 345. The third-order valence-corrected chi connectivity index (χ3v) is 2.86. The second kappa shape index (κ2) is 4.58. The predicted octanol–water partition coefficient (Wildman–Crippen LogP) is 3.89. The first-order valence-electron chi connectivity index (χ1n) is 5.95. The van der Waals surface area contributed by atoms with Crippen LogP contribution in [0.4, 0.5) is 0 Å². The molecule has 0 aliphatic heterocycles. The fraction of sp³-hybridized carbons (Fsp3) is 0.600. The van der Waals surface area contributed by atoms with E-state index in [1.165, 1.54) is 5.56 Å². The topological polar surface area (TPSA) is 20.2 Å². The molecule has 16 heavy (non-hydrogen) atoms. The summed E-state index contributed by atoms with van der Waals surface area (Å²) in [4.78, 5) is 0. The molecule has 0 aromatic heterocycles. The summed E-state index contributed by atoms with van der Waals surface area (Å²) < 4.78 is 0. The van der Waals surface area contributed by atoms with Gasteiger partial charge in [0.05, 0.1) is 6.61 Å². The number of rotatable bonds is 3. The minimum absolute atomic E-state index is 0.124. The first-order chi connectivity index (χ1) is 7.24. The highest BCUT2D eigenvalue weighted by molar-refractivity contribution is 5.29. The average Bonchev–Trinajstić information content (AvgIpc) is 2.14. The molecule has 1 heteroatoms. The van der Waals surface area contributed by atoms with E-state index in [2.05, 4.69) is 46.8 Å². The highest BCUT2D eigenvalue weighted by atomic mass is 16.3. The third-order valence-electron chi connectivity index (χ3n) is 2.86. The molecule has 1 rings (SSSR count). The maximum absolute atomic E-state index is 9.16. The Labute approximate surface area is 99.5 Å². The van der Waals surface area contributed by atoms with Crippen LogP contribution in [0.5, 0.6) is 0 Å². The number of hydrogen-bond acceptors (Lipinski definition) is 1. The maximum Gasteiger partial charge on any atom is 0.0681 e. The SMILES string of the molecule is CC(C)(C)CC(C)(C)c1cccc(CO)c1. The van der Waals surface area contributed by atoms with Crippen LogP contribution in [0.3, 0.4) is 0 Å². The molecule has 0 aliphatic carbocycles. The number of aliphatic hydroxyl groups excluding tert-OH is 1. The van der Waals surface area contributed by atoms with Gasteiger partial charge in [-0.05, 0) is 28.4 Å². The largest absolute Gasteiger partial charge is 0.392 e. The van der Waals surface area contributed by atoms with Crippen molar-refractivity contribution in [2.24, 2.45) is 5.41 Å². The van der Waals surface area contributed by atoms with Crippen molar-refractivity contribution < 1.29 is 5.11 Å². The van der Waals surface area contributed by atoms with Crippen LogP contribution in [0, 0.1) is 5.41 Å². The summed E-state index contributed by atoms with van der Waals surface area (Å²) in [5, 5.41) is 9.16. The average molecular weight is 220 g/mol. The van der Waals surface area contributed by atoms with E-state index in [0.29, 0.717) is 5.41 Å². The molecule has 90 valence electrons. The molecule has 0 fully saturated rings. The summed E-state index contributed by atoms with van der Waals surface area (Å²) in [6, 6.07) is 8.28. The zero-order valence-electron chi connectivity index (χ0n) is 11.2. The highest BCUT2D eigenvalue weighted by Gasteiger charge is 2.27. The van der Waals surface area contributed by atoms with E-state index >= 15 is 0 Å². The van der Waals surface area contributed by atoms with Gasteiger partial charge >= 0.3 is 0 Å². The number of benzene rings is 1. The van der Waals surface area contributed by atoms with E-state index in [1.807, 2.05) is 12.1 Å². The lowest BCUT2D eigenvalue weighted by Gasteiger charge is -2.33. The second-order valence-electron chi connectivity index (χ2n) is 6.48. The monoisotopic (exact) mass is 220 g/mol. The van der Waals surface area contributed by atoms with Crippen LogP contribution in [0.25, 0.3) is 0 Å². The van der Waals surface area contributed by atoms with Crippen LogP contribution in [-0.2, 0) is 12.0 Å². The molecule has 0 aliphatic rings. The standard InChI is InChI=1S/C15H24O/c1-14(2,3)11-15(4,5)13-8-6-7-12(9-13)10-16/h6-9,16H,10-11H2,1-5H3. The van der Waals surface area contributed by atoms with Gasteiger partial charge in [0.15, 0.2) is 0 Å². The quantitative estimate of drug-likeness (QED) is 0.819. The van der Waals surface area contributed by atoms with Gasteiger partial charge < -0.3 is 5.11 Å². The Kier molecular flexibility index (Phi) is 3.80. The van der Waals surface area contributed by atoms with E-state index < -0.39 is 0 Å². The van der Waals surface area contributed by atoms with Crippen molar-refractivity contribution in [3.05, 3.63) is 35.4 Å². The van der Waals surface area contributed by atoms with E-state index in [-0.39, 0.29) is 12.0 Å². The van der Waals surface area contributed by atoms with Gasteiger partial charge in [-0.1, -0.05) is 58.9 Å². The fourth-order valence-electron chi connectivity index (χ4n) is 2.52. The Morgan fingerprint density at radius 3 is 2.19 bits per heavy atom. The van der Waals surface area contributed by atoms with Crippen molar-refractivity contribution in [1.82, 2.24) is 0 Å². The molecule has 0 saturated carbocycles. The van der Waals surface area contributed by atoms with Crippen molar-refractivity contribution in [3.63, 3.8) is 0 Å². The van der Waals surface area contributed by atoms with Crippen molar-refractivity contribution in [3.8, 4) is 0 Å². The van der Waals surface area contributed by atoms with E-state index in [4.69, 9.17) is 5.11 Å². The molecule has 0 amide bonds. The Hall–Kier alpha value is -0.820. The van der Waals surface area contributed by atoms with Crippen molar-refractivity contribution >= 4 is 0 Å². The maximum atomic E-state index is 9.16. The van der Waals surface area contributed by atoms with Gasteiger partial charge in [0, 0.05) is 0 Å². The van der Waals surface area contributed by atoms with Gasteiger partial charge in [-0.15, -0.1) is 0 Å². The molecule has 0 unspecified atom stereocenters. The minimum Gasteiger partial charge on any atom is -0.392 e. The number of aliphatic hydroxyl groups is 1. The van der Waals surface area contributed by atoms with Gasteiger partial charge in [0.1, 0.15) is 0 Å². The van der Waals surface area contributed by atoms with Gasteiger partial charge in [0.25, 0.3) is 0 Å². The predicted molar refractivity (Wildman–Crippen MR) is 69.5 cm³/mol. The van der Waals surface area contributed by atoms with Crippen molar-refractivity contribution in [2.45, 2.75) is 53.1 Å². The Morgan fingerprint density at radius 2 is 1.69 bits per heavy atom. The minimum atomic E-state index is 0.124.